The number of rotatable bonds is 8. The largest absolute Gasteiger partial charge is 0.310 e. The van der Waals surface area contributed by atoms with Crippen LogP contribution in [0.1, 0.15) is 58.3 Å². The van der Waals surface area contributed by atoms with Gasteiger partial charge in [0.2, 0.25) is 0 Å². The molecule has 16 heavy (non-hydrogen) atoms. The van der Waals surface area contributed by atoms with E-state index in [0.717, 1.165) is 38.2 Å². The lowest BCUT2D eigenvalue weighted by Crippen LogP contribution is -2.20. The van der Waals surface area contributed by atoms with Crippen LogP contribution in [0.5, 0.6) is 0 Å². The van der Waals surface area contributed by atoms with Gasteiger partial charge in [0.05, 0.1) is 12.6 Å². The zero-order valence-electron chi connectivity index (χ0n) is 10.6. The average Bonchev–Trinajstić information content (AvgIpc) is 2.74. The van der Waals surface area contributed by atoms with Gasteiger partial charge in [-0.3, -0.25) is 0 Å². The van der Waals surface area contributed by atoms with Crippen molar-refractivity contribution in [1.82, 2.24) is 25.5 Å². The van der Waals surface area contributed by atoms with E-state index in [-0.39, 0.29) is 0 Å². The smallest absolute Gasteiger partial charge is 0.165 e. The van der Waals surface area contributed by atoms with Crippen LogP contribution in [0.25, 0.3) is 0 Å². The van der Waals surface area contributed by atoms with Gasteiger partial charge in [0.25, 0.3) is 0 Å². The summed E-state index contributed by atoms with van der Waals surface area (Å²) in [7, 11) is 0. The molecule has 1 rings (SSSR count). The van der Waals surface area contributed by atoms with Gasteiger partial charge in [0, 0.05) is 0 Å². The molecule has 1 atom stereocenters. The molecule has 92 valence electrons. The zero-order chi connectivity index (χ0) is 11.8. The Bertz CT molecular complexity index is 284. The number of hydrogen-bond acceptors (Lipinski definition) is 4. The van der Waals surface area contributed by atoms with E-state index in [0.29, 0.717) is 6.04 Å². The van der Waals surface area contributed by atoms with Gasteiger partial charge in [-0.25, -0.2) is 4.68 Å². The van der Waals surface area contributed by atoms with Crippen LogP contribution >= 0.6 is 0 Å². The highest BCUT2D eigenvalue weighted by Crippen LogP contribution is 2.17. The Morgan fingerprint density at radius 2 is 2.06 bits per heavy atom. The summed E-state index contributed by atoms with van der Waals surface area (Å²) in [4.78, 5) is 0. The SMILES string of the molecule is CCCNCc1nnnn1C(CC)CCC. The van der Waals surface area contributed by atoms with Gasteiger partial charge in [-0.05, 0) is 36.2 Å². The molecule has 1 unspecified atom stereocenters. The Hall–Kier alpha value is -0.970. The molecule has 0 aromatic carbocycles. The first kappa shape index (κ1) is 13.1. The molecular formula is C11H23N5. The predicted octanol–water partition coefficient (Wildman–Crippen LogP) is 1.92. The molecule has 5 heteroatoms. The molecule has 0 aliphatic rings. The molecule has 0 saturated heterocycles. The Morgan fingerprint density at radius 1 is 1.25 bits per heavy atom. The third-order valence-electron chi connectivity index (χ3n) is 2.71. The lowest BCUT2D eigenvalue weighted by Gasteiger charge is -2.15. The molecule has 0 bridgehead atoms. The zero-order valence-corrected chi connectivity index (χ0v) is 10.6. The number of nitrogens with one attached hydrogen (secondary N) is 1. The number of nitrogens with zero attached hydrogens (tertiary/aromatic N) is 4. The van der Waals surface area contributed by atoms with Crippen molar-refractivity contribution in [3.8, 4) is 0 Å². The number of hydrogen-bond donors (Lipinski definition) is 1. The predicted molar refractivity (Wildman–Crippen MR) is 64.1 cm³/mol. The molecular weight excluding hydrogens is 202 g/mol. The second-order valence-electron chi connectivity index (χ2n) is 4.07. The first-order valence-electron chi connectivity index (χ1n) is 6.30. The van der Waals surface area contributed by atoms with Crippen molar-refractivity contribution < 1.29 is 0 Å². The van der Waals surface area contributed by atoms with E-state index in [1.807, 2.05) is 4.68 Å². The Morgan fingerprint density at radius 3 is 2.69 bits per heavy atom. The molecule has 5 nitrogen and oxygen atoms in total. The van der Waals surface area contributed by atoms with Crippen LogP contribution < -0.4 is 5.32 Å². The van der Waals surface area contributed by atoms with Crippen LogP contribution in [0.15, 0.2) is 0 Å². The highest BCUT2D eigenvalue weighted by Gasteiger charge is 2.14. The second kappa shape index (κ2) is 7.33. The standard InChI is InChI=1S/C11H23N5/c1-4-7-10(6-3)16-11(13-14-15-16)9-12-8-5-2/h10,12H,4-9H2,1-3H3. The van der Waals surface area contributed by atoms with E-state index in [9.17, 15) is 0 Å². The monoisotopic (exact) mass is 225 g/mol. The molecule has 0 spiro atoms. The minimum atomic E-state index is 0.443. The van der Waals surface area contributed by atoms with E-state index >= 15 is 0 Å². The molecule has 0 aliphatic carbocycles. The minimum Gasteiger partial charge on any atom is -0.310 e. The van der Waals surface area contributed by atoms with Crippen molar-refractivity contribution in [3.63, 3.8) is 0 Å². The summed E-state index contributed by atoms with van der Waals surface area (Å²) in [6, 6.07) is 0.443. The van der Waals surface area contributed by atoms with Crippen molar-refractivity contribution in [2.75, 3.05) is 6.54 Å². The first-order chi connectivity index (χ1) is 7.83. The lowest BCUT2D eigenvalue weighted by atomic mass is 10.1. The second-order valence-corrected chi connectivity index (χ2v) is 4.07. The van der Waals surface area contributed by atoms with Gasteiger partial charge in [0.1, 0.15) is 0 Å². The molecule has 0 amide bonds. The van der Waals surface area contributed by atoms with Crippen molar-refractivity contribution in [1.29, 1.82) is 0 Å². The summed E-state index contributed by atoms with van der Waals surface area (Å²) in [6.45, 7) is 8.31. The van der Waals surface area contributed by atoms with E-state index in [2.05, 4.69) is 41.6 Å². The van der Waals surface area contributed by atoms with Crippen LogP contribution in [0, 0.1) is 0 Å². The van der Waals surface area contributed by atoms with Gasteiger partial charge in [-0.15, -0.1) is 5.10 Å². The van der Waals surface area contributed by atoms with Crippen molar-refractivity contribution in [2.24, 2.45) is 0 Å². The Balaban J connectivity index is 2.60. The molecule has 1 N–H and O–H groups in total. The highest BCUT2D eigenvalue weighted by molar-refractivity contribution is 4.83. The van der Waals surface area contributed by atoms with Crippen molar-refractivity contribution in [3.05, 3.63) is 5.82 Å². The topological polar surface area (TPSA) is 55.6 Å². The summed E-state index contributed by atoms with van der Waals surface area (Å²) >= 11 is 0. The van der Waals surface area contributed by atoms with Crippen LogP contribution in [0.3, 0.4) is 0 Å². The number of tetrazole rings is 1. The fourth-order valence-electron chi connectivity index (χ4n) is 1.82. The first-order valence-corrected chi connectivity index (χ1v) is 6.30. The summed E-state index contributed by atoms with van der Waals surface area (Å²) in [5.74, 6) is 0.953. The normalized spacial score (nSPS) is 12.9. The molecule has 1 aromatic heterocycles. The molecule has 1 heterocycles. The molecule has 0 radical (unpaired) electrons. The van der Waals surface area contributed by atoms with E-state index in [1.165, 1.54) is 6.42 Å². The summed E-state index contributed by atoms with van der Waals surface area (Å²) in [5, 5.41) is 15.3. The summed E-state index contributed by atoms with van der Waals surface area (Å²) in [5.41, 5.74) is 0. The van der Waals surface area contributed by atoms with Gasteiger partial charge in [0.15, 0.2) is 5.82 Å². The summed E-state index contributed by atoms with van der Waals surface area (Å²) in [6.07, 6.45) is 4.52. The van der Waals surface area contributed by atoms with Crippen LogP contribution in [-0.4, -0.2) is 26.8 Å². The Kier molecular flexibility index (Phi) is 6.00. The average molecular weight is 225 g/mol. The van der Waals surface area contributed by atoms with E-state index in [4.69, 9.17) is 0 Å². The fraction of sp³-hybridized carbons (Fsp3) is 0.909. The quantitative estimate of drug-likeness (QED) is 0.687. The Labute approximate surface area is 97.6 Å². The maximum atomic E-state index is 4.10. The molecule has 0 aliphatic heterocycles. The lowest BCUT2D eigenvalue weighted by molar-refractivity contribution is 0.383. The molecule has 1 aromatic rings. The van der Waals surface area contributed by atoms with Crippen LogP contribution in [0.4, 0.5) is 0 Å². The van der Waals surface area contributed by atoms with Gasteiger partial charge in [-0.2, -0.15) is 0 Å². The van der Waals surface area contributed by atoms with Crippen molar-refractivity contribution >= 4 is 0 Å². The van der Waals surface area contributed by atoms with Crippen LogP contribution in [0.2, 0.25) is 0 Å². The third-order valence-corrected chi connectivity index (χ3v) is 2.71. The van der Waals surface area contributed by atoms with Crippen molar-refractivity contribution in [2.45, 2.75) is 59.0 Å². The maximum absolute atomic E-state index is 4.10. The van der Waals surface area contributed by atoms with Gasteiger partial charge >= 0.3 is 0 Å². The highest BCUT2D eigenvalue weighted by atomic mass is 15.6. The maximum Gasteiger partial charge on any atom is 0.165 e. The number of aromatic nitrogens is 4. The fourth-order valence-corrected chi connectivity index (χ4v) is 1.82. The molecule has 0 fully saturated rings. The van der Waals surface area contributed by atoms with E-state index < -0.39 is 0 Å². The molecule has 0 saturated carbocycles. The summed E-state index contributed by atoms with van der Waals surface area (Å²) < 4.78 is 1.98. The third kappa shape index (κ3) is 3.56. The van der Waals surface area contributed by atoms with E-state index in [1.54, 1.807) is 0 Å². The van der Waals surface area contributed by atoms with Gasteiger partial charge in [-0.1, -0.05) is 27.2 Å². The van der Waals surface area contributed by atoms with Crippen LogP contribution in [-0.2, 0) is 6.54 Å². The van der Waals surface area contributed by atoms with Gasteiger partial charge < -0.3 is 5.32 Å². The minimum absolute atomic E-state index is 0.443.